The zero-order chi connectivity index (χ0) is 13.7. The summed E-state index contributed by atoms with van der Waals surface area (Å²) in [7, 11) is 0. The molecule has 19 heavy (non-hydrogen) atoms. The summed E-state index contributed by atoms with van der Waals surface area (Å²) in [6, 6.07) is 5.50. The van der Waals surface area contributed by atoms with Crippen LogP contribution in [0, 0.1) is 6.92 Å². The summed E-state index contributed by atoms with van der Waals surface area (Å²) in [5, 5.41) is 10.7. The lowest BCUT2D eigenvalue weighted by atomic mass is 10.2. The quantitative estimate of drug-likeness (QED) is 0.894. The average Bonchev–Trinajstić information content (AvgIpc) is 2.41. The Labute approximate surface area is 118 Å². The Bertz CT molecular complexity index is 408. The Morgan fingerprint density at radius 1 is 1.42 bits per heavy atom. The fourth-order valence-corrected chi connectivity index (χ4v) is 2.15. The first-order valence-corrected chi connectivity index (χ1v) is 6.90. The minimum absolute atomic E-state index is 0.290. The highest BCUT2D eigenvalue weighted by atomic mass is 35.5. The molecule has 5 heteroatoms. The maximum absolute atomic E-state index is 9.95. The summed E-state index contributed by atoms with van der Waals surface area (Å²) in [6.07, 6.45) is -0.492. The van der Waals surface area contributed by atoms with Gasteiger partial charge in [0.05, 0.1) is 13.2 Å². The summed E-state index contributed by atoms with van der Waals surface area (Å²) >= 11 is 5.95. The van der Waals surface area contributed by atoms with E-state index in [1.165, 1.54) is 0 Å². The van der Waals surface area contributed by atoms with Gasteiger partial charge in [0.2, 0.25) is 0 Å². The first-order chi connectivity index (χ1) is 9.15. The molecule has 1 unspecified atom stereocenters. The van der Waals surface area contributed by atoms with Crippen LogP contribution in [0.1, 0.15) is 5.56 Å². The van der Waals surface area contributed by atoms with Gasteiger partial charge in [0.1, 0.15) is 18.5 Å². The number of morpholine rings is 1. The highest BCUT2D eigenvalue weighted by molar-refractivity contribution is 6.31. The van der Waals surface area contributed by atoms with Crippen LogP contribution >= 0.6 is 11.6 Å². The topological polar surface area (TPSA) is 41.9 Å². The molecule has 0 saturated carbocycles. The second-order valence-electron chi connectivity index (χ2n) is 4.79. The number of aryl methyl sites for hydroxylation is 1. The van der Waals surface area contributed by atoms with Crippen molar-refractivity contribution in [2.24, 2.45) is 0 Å². The highest BCUT2D eigenvalue weighted by Crippen LogP contribution is 2.21. The third kappa shape index (κ3) is 4.66. The molecule has 0 aromatic heterocycles. The van der Waals surface area contributed by atoms with Gasteiger partial charge in [-0.15, -0.1) is 0 Å². The lowest BCUT2D eigenvalue weighted by Crippen LogP contribution is -2.42. The maximum Gasteiger partial charge on any atom is 0.119 e. The maximum atomic E-state index is 9.95. The number of halogens is 1. The van der Waals surface area contributed by atoms with Crippen LogP contribution in [0.2, 0.25) is 5.02 Å². The molecule has 1 aliphatic heterocycles. The molecule has 1 heterocycles. The molecule has 1 aliphatic rings. The van der Waals surface area contributed by atoms with Crippen LogP contribution < -0.4 is 4.74 Å². The normalized spacial score (nSPS) is 18.3. The molecule has 1 aromatic rings. The number of hydrogen-bond donors (Lipinski definition) is 1. The Hall–Kier alpha value is -0.810. The molecule has 1 fully saturated rings. The third-order valence-corrected chi connectivity index (χ3v) is 3.57. The van der Waals surface area contributed by atoms with Gasteiger partial charge in [-0.2, -0.15) is 0 Å². The van der Waals surface area contributed by atoms with E-state index in [4.69, 9.17) is 21.1 Å². The summed E-state index contributed by atoms with van der Waals surface area (Å²) in [5.41, 5.74) is 0.974. The van der Waals surface area contributed by atoms with Crippen LogP contribution in [0.5, 0.6) is 5.75 Å². The van der Waals surface area contributed by atoms with Crippen molar-refractivity contribution >= 4 is 11.6 Å². The van der Waals surface area contributed by atoms with Crippen molar-refractivity contribution in [2.45, 2.75) is 13.0 Å². The van der Waals surface area contributed by atoms with E-state index < -0.39 is 6.10 Å². The Balaban J connectivity index is 1.75. The molecule has 1 N–H and O–H groups in total. The van der Waals surface area contributed by atoms with E-state index in [0.29, 0.717) is 13.2 Å². The summed E-state index contributed by atoms with van der Waals surface area (Å²) in [4.78, 5) is 2.19. The second-order valence-corrected chi connectivity index (χ2v) is 5.20. The molecule has 0 amide bonds. The van der Waals surface area contributed by atoms with E-state index in [0.717, 1.165) is 42.6 Å². The molecule has 106 valence electrons. The van der Waals surface area contributed by atoms with E-state index in [1.54, 1.807) is 6.07 Å². The largest absolute Gasteiger partial charge is 0.491 e. The van der Waals surface area contributed by atoms with Crippen molar-refractivity contribution in [1.29, 1.82) is 0 Å². The van der Waals surface area contributed by atoms with Gasteiger partial charge >= 0.3 is 0 Å². The first-order valence-electron chi connectivity index (χ1n) is 6.52. The lowest BCUT2D eigenvalue weighted by molar-refractivity contribution is 0.00465. The predicted molar refractivity (Wildman–Crippen MR) is 74.9 cm³/mol. The van der Waals surface area contributed by atoms with E-state index in [1.807, 2.05) is 19.1 Å². The first kappa shape index (κ1) is 14.6. The standard InChI is InChI=1S/C14H20ClNO3/c1-11-8-13(2-3-14(11)15)19-10-12(17)9-16-4-6-18-7-5-16/h2-3,8,12,17H,4-7,9-10H2,1H3. The predicted octanol–water partition coefficient (Wildman–Crippen LogP) is 1.72. The van der Waals surface area contributed by atoms with Crippen LogP contribution in [0.15, 0.2) is 18.2 Å². The van der Waals surface area contributed by atoms with E-state index in [9.17, 15) is 5.11 Å². The molecule has 0 bridgehead atoms. The van der Waals surface area contributed by atoms with Gasteiger partial charge < -0.3 is 14.6 Å². The van der Waals surface area contributed by atoms with E-state index in [-0.39, 0.29) is 0 Å². The monoisotopic (exact) mass is 285 g/mol. The van der Waals surface area contributed by atoms with Gasteiger partial charge in [-0.1, -0.05) is 11.6 Å². The highest BCUT2D eigenvalue weighted by Gasteiger charge is 2.15. The molecule has 0 aliphatic carbocycles. The van der Waals surface area contributed by atoms with Crippen LogP contribution in [0.4, 0.5) is 0 Å². The minimum atomic E-state index is -0.492. The van der Waals surface area contributed by atoms with Gasteiger partial charge in [0.25, 0.3) is 0 Å². The molecule has 1 saturated heterocycles. The molecule has 0 radical (unpaired) electrons. The summed E-state index contributed by atoms with van der Waals surface area (Å²) in [5.74, 6) is 0.739. The molecule has 1 atom stereocenters. The number of β-amino-alcohol motifs (C(OH)–C–C–N with tert-alkyl or cyclic N) is 1. The average molecular weight is 286 g/mol. The molecule has 4 nitrogen and oxygen atoms in total. The molecular weight excluding hydrogens is 266 g/mol. The Morgan fingerprint density at radius 2 is 2.16 bits per heavy atom. The second kappa shape index (κ2) is 7.10. The molecule has 1 aromatic carbocycles. The zero-order valence-electron chi connectivity index (χ0n) is 11.1. The van der Waals surface area contributed by atoms with Crippen LogP contribution in [0.25, 0.3) is 0 Å². The van der Waals surface area contributed by atoms with Crippen LogP contribution in [-0.2, 0) is 4.74 Å². The smallest absolute Gasteiger partial charge is 0.119 e. The van der Waals surface area contributed by atoms with Crippen molar-refractivity contribution in [3.63, 3.8) is 0 Å². The van der Waals surface area contributed by atoms with Crippen molar-refractivity contribution < 1.29 is 14.6 Å². The van der Waals surface area contributed by atoms with Gasteiger partial charge in [0.15, 0.2) is 0 Å². The van der Waals surface area contributed by atoms with E-state index in [2.05, 4.69) is 4.90 Å². The number of aliphatic hydroxyl groups excluding tert-OH is 1. The van der Waals surface area contributed by atoms with Crippen molar-refractivity contribution in [2.75, 3.05) is 39.5 Å². The summed E-state index contributed by atoms with van der Waals surface area (Å²) < 4.78 is 10.8. The van der Waals surface area contributed by atoms with Gasteiger partial charge in [-0.05, 0) is 30.7 Å². The molecule has 2 rings (SSSR count). The lowest BCUT2D eigenvalue weighted by Gasteiger charge is -2.28. The number of hydrogen-bond acceptors (Lipinski definition) is 4. The number of nitrogens with zero attached hydrogens (tertiary/aromatic N) is 1. The number of aliphatic hydroxyl groups is 1. The molecule has 0 spiro atoms. The van der Waals surface area contributed by atoms with Gasteiger partial charge in [0, 0.05) is 24.7 Å². The summed E-state index contributed by atoms with van der Waals surface area (Å²) in [6.45, 7) is 6.07. The van der Waals surface area contributed by atoms with Gasteiger partial charge in [-0.3, -0.25) is 4.90 Å². The number of benzene rings is 1. The van der Waals surface area contributed by atoms with Crippen molar-refractivity contribution in [3.05, 3.63) is 28.8 Å². The van der Waals surface area contributed by atoms with Crippen LogP contribution in [0.3, 0.4) is 0 Å². The fourth-order valence-electron chi connectivity index (χ4n) is 2.03. The van der Waals surface area contributed by atoms with Crippen molar-refractivity contribution in [3.8, 4) is 5.75 Å². The number of rotatable bonds is 5. The van der Waals surface area contributed by atoms with E-state index >= 15 is 0 Å². The third-order valence-electron chi connectivity index (χ3n) is 3.14. The molecular formula is C14H20ClNO3. The van der Waals surface area contributed by atoms with Crippen molar-refractivity contribution in [1.82, 2.24) is 4.90 Å². The minimum Gasteiger partial charge on any atom is -0.491 e. The Kier molecular flexibility index (Phi) is 5.45. The van der Waals surface area contributed by atoms with Gasteiger partial charge in [-0.25, -0.2) is 0 Å². The number of ether oxygens (including phenoxy) is 2. The fraction of sp³-hybridized carbons (Fsp3) is 0.571. The zero-order valence-corrected chi connectivity index (χ0v) is 11.9. The van der Waals surface area contributed by atoms with Crippen LogP contribution in [-0.4, -0.2) is 55.6 Å². The SMILES string of the molecule is Cc1cc(OCC(O)CN2CCOCC2)ccc1Cl. The Morgan fingerprint density at radius 3 is 2.84 bits per heavy atom.